The van der Waals surface area contributed by atoms with Gasteiger partial charge in [0.2, 0.25) is 5.95 Å². The second kappa shape index (κ2) is 8.92. The highest BCUT2D eigenvalue weighted by Crippen LogP contribution is 2.37. The number of hydrogen-bond acceptors (Lipinski definition) is 9. The van der Waals surface area contributed by atoms with Crippen LogP contribution in [0.4, 0.5) is 5.95 Å². The Morgan fingerprint density at radius 1 is 1.06 bits per heavy atom. The molecule has 0 atom stereocenters. The average molecular weight is 437 g/mol. The number of benzene rings is 2. The molecule has 4 rings (SSSR count). The predicted molar refractivity (Wildman–Crippen MR) is 117 cm³/mol. The molecule has 0 radical (unpaired) electrons. The van der Waals surface area contributed by atoms with Crippen LogP contribution in [0.1, 0.15) is 5.01 Å². The van der Waals surface area contributed by atoms with Crippen molar-refractivity contribution in [2.45, 2.75) is 6.54 Å². The molecule has 1 N–H and O–H groups in total. The molecule has 0 fully saturated rings. The quantitative estimate of drug-likeness (QED) is 0.444. The lowest BCUT2D eigenvalue weighted by atomic mass is 10.1. The second-order valence-corrected chi connectivity index (χ2v) is 7.62. The van der Waals surface area contributed by atoms with Gasteiger partial charge in [0, 0.05) is 0 Å². The molecule has 0 aliphatic heterocycles. The zero-order valence-electron chi connectivity index (χ0n) is 16.8. The Balaban J connectivity index is 1.73. The van der Waals surface area contributed by atoms with E-state index < -0.39 is 5.97 Å². The first-order chi connectivity index (χ1) is 15.1. The summed E-state index contributed by atoms with van der Waals surface area (Å²) in [6.45, 7) is -0.0655. The maximum atomic E-state index is 11.5. The van der Waals surface area contributed by atoms with E-state index in [9.17, 15) is 9.90 Å². The molecule has 0 aliphatic carbocycles. The normalized spacial score (nSPS) is 10.8. The van der Waals surface area contributed by atoms with Crippen molar-refractivity contribution in [3.63, 3.8) is 0 Å². The van der Waals surface area contributed by atoms with Crippen molar-refractivity contribution in [2.24, 2.45) is 0 Å². The Labute approximate surface area is 181 Å². The van der Waals surface area contributed by atoms with Crippen LogP contribution in [0, 0.1) is 0 Å². The SMILES string of the molecule is COc1cccc(OC)c1-c1cnnc(N(CC(=O)O)Cc2nc3ccccc3s2)n1. The maximum absolute atomic E-state index is 11.5. The van der Waals surface area contributed by atoms with Gasteiger partial charge in [0.15, 0.2) is 0 Å². The molecule has 2 heterocycles. The molecule has 2 aromatic carbocycles. The van der Waals surface area contributed by atoms with Gasteiger partial charge in [-0.05, 0) is 24.3 Å². The number of carboxylic acid groups (broad SMARTS) is 1. The molecule has 4 aromatic rings. The van der Waals surface area contributed by atoms with E-state index in [1.54, 1.807) is 32.4 Å². The molecule has 0 unspecified atom stereocenters. The smallest absolute Gasteiger partial charge is 0.323 e. The number of methoxy groups -OCH3 is 2. The largest absolute Gasteiger partial charge is 0.496 e. The highest BCUT2D eigenvalue weighted by Gasteiger charge is 2.20. The van der Waals surface area contributed by atoms with Gasteiger partial charge in [-0.15, -0.1) is 16.4 Å². The number of rotatable bonds is 8. The molecule has 0 bridgehead atoms. The summed E-state index contributed by atoms with van der Waals surface area (Å²) in [5.41, 5.74) is 1.93. The zero-order chi connectivity index (χ0) is 21.8. The minimum absolute atomic E-state index is 0.173. The molecule has 0 aliphatic rings. The molecule has 31 heavy (non-hydrogen) atoms. The fourth-order valence-corrected chi connectivity index (χ4v) is 4.15. The number of aromatic nitrogens is 4. The van der Waals surface area contributed by atoms with E-state index in [0.717, 1.165) is 15.2 Å². The molecular weight excluding hydrogens is 418 g/mol. The molecule has 2 aromatic heterocycles. The summed E-state index contributed by atoms with van der Waals surface area (Å²) in [4.78, 5) is 22.2. The van der Waals surface area contributed by atoms with Gasteiger partial charge in [0.05, 0.1) is 42.7 Å². The number of para-hydroxylation sites is 1. The maximum Gasteiger partial charge on any atom is 0.323 e. The van der Waals surface area contributed by atoms with Crippen molar-refractivity contribution < 1.29 is 19.4 Å². The lowest BCUT2D eigenvalue weighted by molar-refractivity contribution is -0.135. The van der Waals surface area contributed by atoms with Crippen LogP contribution in [0.2, 0.25) is 0 Å². The van der Waals surface area contributed by atoms with Crippen LogP contribution in [0.25, 0.3) is 21.5 Å². The summed E-state index contributed by atoms with van der Waals surface area (Å²) in [6.07, 6.45) is 1.49. The molecular formula is C21H19N5O4S. The van der Waals surface area contributed by atoms with Gasteiger partial charge >= 0.3 is 5.97 Å². The molecule has 0 saturated carbocycles. The van der Waals surface area contributed by atoms with Gasteiger partial charge < -0.3 is 19.5 Å². The van der Waals surface area contributed by atoms with E-state index in [4.69, 9.17) is 9.47 Å². The van der Waals surface area contributed by atoms with Crippen molar-refractivity contribution >= 4 is 33.5 Å². The number of nitrogens with zero attached hydrogens (tertiary/aromatic N) is 5. The van der Waals surface area contributed by atoms with Crippen LogP contribution in [0.5, 0.6) is 11.5 Å². The van der Waals surface area contributed by atoms with Gasteiger partial charge in [-0.3, -0.25) is 4.79 Å². The zero-order valence-corrected chi connectivity index (χ0v) is 17.7. The summed E-state index contributed by atoms with van der Waals surface area (Å²) in [5, 5.41) is 18.3. The lowest BCUT2D eigenvalue weighted by Gasteiger charge is -2.19. The van der Waals surface area contributed by atoms with Crippen LogP contribution in [-0.2, 0) is 11.3 Å². The van der Waals surface area contributed by atoms with Crippen LogP contribution >= 0.6 is 11.3 Å². The van der Waals surface area contributed by atoms with E-state index in [0.29, 0.717) is 22.8 Å². The minimum atomic E-state index is -1.01. The van der Waals surface area contributed by atoms with Crippen molar-refractivity contribution in [3.05, 3.63) is 53.7 Å². The first-order valence-corrected chi connectivity index (χ1v) is 10.1. The van der Waals surface area contributed by atoms with Gasteiger partial charge in [-0.25, -0.2) is 9.97 Å². The first kappa shape index (κ1) is 20.5. The highest BCUT2D eigenvalue weighted by molar-refractivity contribution is 7.18. The fraction of sp³-hybridized carbons (Fsp3) is 0.190. The standard InChI is InChI=1S/C21H19N5O4S/c1-29-15-7-5-8-16(30-2)20(15)14-10-22-25-21(24-14)26(12-19(27)28)11-18-23-13-6-3-4-9-17(13)31-18/h3-10H,11-12H2,1-2H3,(H,27,28). The molecule has 10 heteroatoms. The van der Waals surface area contributed by atoms with Crippen molar-refractivity contribution in [2.75, 3.05) is 25.7 Å². The number of ether oxygens (including phenoxy) is 2. The number of fused-ring (bicyclic) bond motifs is 1. The topological polar surface area (TPSA) is 111 Å². The Hall–Kier alpha value is -3.79. The number of carboxylic acids is 1. The Kier molecular flexibility index (Phi) is 5.89. The van der Waals surface area contributed by atoms with Crippen LogP contribution < -0.4 is 14.4 Å². The summed E-state index contributed by atoms with van der Waals surface area (Å²) in [7, 11) is 3.11. The molecule has 158 valence electrons. The summed E-state index contributed by atoms with van der Waals surface area (Å²) in [5.74, 6) is 0.278. The molecule has 0 spiro atoms. The lowest BCUT2D eigenvalue weighted by Crippen LogP contribution is -2.31. The Morgan fingerprint density at radius 2 is 1.81 bits per heavy atom. The number of carbonyl (C=O) groups is 1. The average Bonchev–Trinajstić information content (AvgIpc) is 3.20. The monoisotopic (exact) mass is 437 g/mol. The fourth-order valence-electron chi connectivity index (χ4n) is 3.16. The van der Waals surface area contributed by atoms with Gasteiger partial charge in [-0.2, -0.15) is 5.10 Å². The van der Waals surface area contributed by atoms with Crippen molar-refractivity contribution in [3.8, 4) is 22.8 Å². The number of aliphatic carboxylic acids is 1. The highest BCUT2D eigenvalue weighted by atomic mass is 32.1. The van der Waals surface area contributed by atoms with E-state index in [1.165, 1.54) is 22.4 Å². The molecule has 0 saturated heterocycles. The van der Waals surface area contributed by atoms with Crippen LogP contribution in [0.15, 0.2) is 48.7 Å². The van der Waals surface area contributed by atoms with E-state index in [2.05, 4.69) is 20.2 Å². The third kappa shape index (κ3) is 4.38. The number of hydrogen-bond donors (Lipinski definition) is 1. The predicted octanol–water partition coefficient (Wildman–Crippen LogP) is 3.26. The molecule has 0 amide bonds. The summed E-state index contributed by atoms with van der Waals surface area (Å²) >= 11 is 1.50. The Morgan fingerprint density at radius 3 is 2.48 bits per heavy atom. The third-order valence-corrected chi connectivity index (χ3v) is 5.53. The molecule has 9 nitrogen and oxygen atoms in total. The van der Waals surface area contributed by atoms with Crippen molar-refractivity contribution in [1.82, 2.24) is 20.2 Å². The van der Waals surface area contributed by atoms with Crippen LogP contribution in [-0.4, -0.2) is 52.0 Å². The summed E-state index contributed by atoms with van der Waals surface area (Å²) < 4.78 is 11.9. The second-order valence-electron chi connectivity index (χ2n) is 6.50. The van der Waals surface area contributed by atoms with E-state index in [-0.39, 0.29) is 19.0 Å². The minimum Gasteiger partial charge on any atom is -0.496 e. The number of anilines is 1. The van der Waals surface area contributed by atoms with Crippen molar-refractivity contribution in [1.29, 1.82) is 0 Å². The Bertz CT molecular complexity index is 1170. The summed E-state index contributed by atoms with van der Waals surface area (Å²) in [6, 6.07) is 13.1. The van der Waals surface area contributed by atoms with E-state index in [1.807, 2.05) is 24.3 Å². The van der Waals surface area contributed by atoms with Gasteiger partial charge in [-0.1, -0.05) is 18.2 Å². The van der Waals surface area contributed by atoms with Crippen LogP contribution in [0.3, 0.4) is 0 Å². The van der Waals surface area contributed by atoms with Gasteiger partial charge in [0.1, 0.15) is 28.7 Å². The first-order valence-electron chi connectivity index (χ1n) is 9.31. The third-order valence-electron chi connectivity index (χ3n) is 4.50. The number of thiazole rings is 1. The van der Waals surface area contributed by atoms with Gasteiger partial charge in [0.25, 0.3) is 0 Å². The van der Waals surface area contributed by atoms with E-state index >= 15 is 0 Å².